The summed E-state index contributed by atoms with van der Waals surface area (Å²) in [5.74, 6) is -0.636. The molecule has 2 aromatic carbocycles. The Bertz CT molecular complexity index is 880. The summed E-state index contributed by atoms with van der Waals surface area (Å²) >= 11 is 6.11. The molecule has 0 spiro atoms. The van der Waals surface area contributed by atoms with Crippen LogP contribution >= 0.6 is 11.6 Å². The summed E-state index contributed by atoms with van der Waals surface area (Å²) in [5.41, 5.74) is 0.896. The highest BCUT2D eigenvalue weighted by Gasteiger charge is 2.23. The Labute approximate surface area is 161 Å². The third-order valence-corrected chi connectivity index (χ3v) is 4.31. The standard InChI is InChI=1S/C20H18ClNO5/c21-17-7-6-15-12-16(17)19(23)22-18(20(24)25)11-13-4-3-5-14(10-13)26-8-1-2-9-27-15/h1-7,10,12,18H,8-9,11H2,(H,22,23)(H,24,25)/b2-1+/t18-/m0/s1. The van der Waals surface area contributed by atoms with E-state index in [1.807, 2.05) is 12.2 Å². The van der Waals surface area contributed by atoms with Crippen molar-refractivity contribution in [3.8, 4) is 11.5 Å². The van der Waals surface area contributed by atoms with Crippen LogP contribution in [0.1, 0.15) is 15.9 Å². The third-order valence-electron chi connectivity index (χ3n) is 3.98. The highest BCUT2D eigenvalue weighted by Crippen LogP contribution is 2.23. The molecule has 0 saturated carbocycles. The van der Waals surface area contributed by atoms with E-state index in [0.29, 0.717) is 24.7 Å². The predicted octanol–water partition coefficient (Wildman–Crippen LogP) is 3.09. The van der Waals surface area contributed by atoms with E-state index in [1.54, 1.807) is 36.4 Å². The number of aliphatic carboxylic acids is 1. The van der Waals surface area contributed by atoms with Crippen LogP contribution in [0.3, 0.4) is 0 Å². The van der Waals surface area contributed by atoms with Gasteiger partial charge in [-0.05, 0) is 48.0 Å². The Hall–Kier alpha value is -2.99. The van der Waals surface area contributed by atoms with Crippen LogP contribution in [0.5, 0.6) is 11.5 Å². The average molecular weight is 388 g/mol. The first kappa shape index (κ1) is 18.8. The lowest BCUT2D eigenvalue weighted by molar-refractivity contribution is -0.139. The summed E-state index contributed by atoms with van der Waals surface area (Å²) in [4.78, 5) is 24.2. The van der Waals surface area contributed by atoms with Crippen LogP contribution < -0.4 is 14.8 Å². The number of carbonyl (C=O) groups is 2. The smallest absolute Gasteiger partial charge is 0.326 e. The fourth-order valence-corrected chi connectivity index (χ4v) is 2.83. The lowest BCUT2D eigenvalue weighted by atomic mass is 10.0. The van der Waals surface area contributed by atoms with Crippen LogP contribution in [-0.4, -0.2) is 36.2 Å². The summed E-state index contributed by atoms with van der Waals surface area (Å²) in [6.07, 6.45) is 3.74. The second-order valence-electron chi connectivity index (χ2n) is 5.95. The van der Waals surface area contributed by atoms with Gasteiger partial charge in [0.2, 0.25) is 0 Å². The molecular weight excluding hydrogens is 370 g/mol. The number of fused-ring (bicyclic) bond motifs is 4. The normalized spacial score (nSPS) is 18.6. The molecule has 0 fully saturated rings. The summed E-state index contributed by atoms with van der Waals surface area (Å²) in [7, 11) is 0. The van der Waals surface area contributed by atoms with Gasteiger partial charge in [-0.15, -0.1) is 0 Å². The number of carboxylic acids is 1. The predicted molar refractivity (Wildman–Crippen MR) is 101 cm³/mol. The summed E-state index contributed by atoms with van der Waals surface area (Å²) in [6, 6.07) is 10.7. The zero-order valence-electron chi connectivity index (χ0n) is 14.4. The number of amides is 1. The van der Waals surface area contributed by atoms with Crippen molar-refractivity contribution in [3.05, 3.63) is 70.8 Å². The molecule has 27 heavy (non-hydrogen) atoms. The zero-order chi connectivity index (χ0) is 19.2. The van der Waals surface area contributed by atoms with Gasteiger partial charge in [-0.25, -0.2) is 4.79 Å². The average Bonchev–Trinajstić information content (AvgIpc) is 2.64. The number of hydrogen-bond acceptors (Lipinski definition) is 4. The molecule has 1 heterocycles. The Balaban J connectivity index is 1.93. The lowest BCUT2D eigenvalue weighted by Gasteiger charge is -2.16. The van der Waals surface area contributed by atoms with Crippen LogP contribution in [0.15, 0.2) is 54.6 Å². The first-order chi connectivity index (χ1) is 13.0. The van der Waals surface area contributed by atoms with Gasteiger partial charge in [-0.1, -0.05) is 23.7 Å². The Morgan fingerprint density at radius 1 is 1.07 bits per heavy atom. The Kier molecular flexibility index (Phi) is 5.98. The molecule has 1 aliphatic rings. The van der Waals surface area contributed by atoms with Crippen LogP contribution in [0.4, 0.5) is 0 Å². The van der Waals surface area contributed by atoms with Gasteiger partial charge in [-0.3, -0.25) is 4.79 Å². The van der Waals surface area contributed by atoms with Crippen molar-refractivity contribution in [2.24, 2.45) is 0 Å². The number of halogens is 1. The van der Waals surface area contributed by atoms with Crippen LogP contribution in [-0.2, 0) is 11.2 Å². The van der Waals surface area contributed by atoms with Crippen LogP contribution in [0.25, 0.3) is 0 Å². The summed E-state index contributed by atoms with van der Waals surface area (Å²) in [6.45, 7) is 0.654. The highest BCUT2D eigenvalue weighted by molar-refractivity contribution is 6.34. The minimum absolute atomic E-state index is 0.113. The molecular formula is C20H18ClNO5. The SMILES string of the molecule is O=C1N[C@H](C(=O)O)Cc2cccc(c2)OC/C=C/COc2ccc(Cl)c1c2. The molecule has 2 aromatic rings. The molecule has 1 amide bonds. The van der Waals surface area contributed by atoms with E-state index in [4.69, 9.17) is 21.1 Å². The van der Waals surface area contributed by atoms with E-state index in [1.165, 1.54) is 6.07 Å². The molecule has 0 aromatic heterocycles. The molecule has 4 bridgehead atoms. The van der Waals surface area contributed by atoms with Crippen LogP contribution in [0, 0.1) is 0 Å². The molecule has 3 rings (SSSR count). The second kappa shape index (κ2) is 8.60. The van der Waals surface area contributed by atoms with Gasteiger partial charge in [0.05, 0.1) is 10.6 Å². The molecule has 0 unspecified atom stereocenters. The quantitative estimate of drug-likeness (QED) is 0.734. The van der Waals surface area contributed by atoms with Crippen molar-refractivity contribution in [1.82, 2.24) is 5.32 Å². The number of nitrogens with one attached hydrogen (secondary N) is 1. The molecule has 1 aliphatic heterocycles. The number of rotatable bonds is 1. The fraction of sp³-hybridized carbons (Fsp3) is 0.200. The zero-order valence-corrected chi connectivity index (χ0v) is 15.1. The molecule has 0 radical (unpaired) electrons. The van der Waals surface area contributed by atoms with E-state index >= 15 is 0 Å². The molecule has 6 nitrogen and oxygen atoms in total. The minimum atomic E-state index is -1.14. The summed E-state index contributed by atoms with van der Waals surface area (Å²) in [5, 5.41) is 12.2. The largest absolute Gasteiger partial charge is 0.490 e. The van der Waals surface area contributed by atoms with Crippen molar-refractivity contribution in [2.45, 2.75) is 12.5 Å². The molecule has 140 valence electrons. The van der Waals surface area contributed by atoms with Gasteiger partial charge in [0, 0.05) is 6.42 Å². The van der Waals surface area contributed by atoms with Gasteiger partial charge < -0.3 is 19.9 Å². The van der Waals surface area contributed by atoms with Gasteiger partial charge in [0.15, 0.2) is 0 Å². The van der Waals surface area contributed by atoms with Gasteiger partial charge in [-0.2, -0.15) is 0 Å². The Morgan fingerprint density at radius 2 is 1.78 bits per heavy atom. The molecule has 1 atom stereocenters. The fourth-order valence-electron chi connectivity index (χ4n) is 2.63. The van der Waals surface area contributed by atoms with Gasteiger partial charge in [0.1, 0.15) is 30.8 Å². The second-order valence-corrected chi connectivity index (χ2v) is 6.36. The van der Waals surface area contributed by atoms with E-state index in [2.05, 4.69) is 5.32 Å². The number of carboxylic acid groups (broad SMARTS) is 1. The molecule has 0 saturated heterocycles. The Morgan fingerprint density at radius 3 is 2.48 bits per heavy atom. The van der Waals surface area contributed by atoms with E-state index in [9.17, 15) is 14.7 Å². The van der Waals surface area contributed by atoms with Crippen molar-refractivity contribution in [1.29, 1.82) is 0 Å². The van der Waals surface area contributed by atoms with Crippen molar-refractivity contribution < 1.29 is 24.2 Å². The lowest BCUT2D eigenvalue weighted by Crippen LogP contribution is -2.42. The summed E-state index contributed by atoms with van der Waals surface area (Å²) < 4.78 is 11.2. The van der Waals surface area contributed by atoms with Crippen molar-refractivity contribution >= 4 is 23.5 Å². The first-order valence-electron chi connectivity index (χ1n) is 8.35. The third kappa shape index (κ3) is 5.01. The first-order valence-corrected chi connectivity index (χ1v) is 8.73. The number of ether oxygens (including phenoxy) is 2. The maximum absolute atomic E-state index is 12.6. The topological polar surface area (TPSA) is 84.9 Å². The maximum atomic E-state index is 12.6. The minimum Gasteiger partial charge on any atom is -0.490 e. The molecule has 0 aliphatic carbocycles. The monoisotopic (exact) mass is 387 g/mol. The van der Waals surface area contributed by atoms with E-state index in [0.717, 1.165) is 5.56 Å². The van der Waals surface area contributed by atoms with Crippen molar-refractivity contribution in [3.63, 3.8) is 0 Å². The number of carbonyl (C=O) groups excluding carboxylic acids is 1. The number of hydrogen-bond donors (Lipinski definition) is 2. The van der Waals surface area contributed by atoms with E-state index in [-0.39, 0.29) is 17.0 Å². The van der Waals surface area contributed by atoms with Crippen LogP contribution in [0.2, 0.25) is 5.02 Å². The van der Waals surface area contributed by atoms with Gasteiger partial charge in [0.25, 0.3) is 5.91 Å². The van der Waals surface area contributed by atoms with E-state index < -0.39 is 17.9 Å². The molecule has 2 N–H and O–H groups in total. The van der Waals surface area contributed by atoms with Gasteiger partial charge >= 0.3 is 5.97 Å². The highest BCUT2D eigenvalue weighted by atomic mass is 35.5. The number of benzene rings is 2. The van der Waals surface area contributed by atoms with Crippen molar-refractivity contribution in [2.75, 3.05) is 13.2 Å². The molecule has 7 heteroatoms. The maximum Gasteiger partial charge on any atom is 0.326 e.